The molecular formula is C14H10ClF4NO. The minimum Gasteiger partial charge on any atom is -0.384 e. The van der Waals surface area contributed by atoms with Crippen molar-refractivity contribution in [1.82, 2.24) is 4.98 Å². The number of rotatable bonds is 2. The van der Waals surface area contributed by atoms with Crippen molar-refractivity contribution < 1.29 is 22.7 Å². The van der Waals surface area contributed by atoms with Crippen molar-refractivity contribution in [3.63, 3.8) is 0 Å². The molecule has 2 rings (SSSR count). The van der Waals surface area contributed by atoms with Crippen molar-refractivity contribution in [3.05, 3.63) is 63.7 Å². The van der Waals surface area contributed by atoms with Crippen molar-refractivity contribution in [2.24, 2.45) is 0 Å². The summed E-state index contributed by atoms with van der Waals surface area (Å²) in [6.45, 7) is 1.63. The SMILES string of the molecule is Cc1cc(F)cc(C(O)c2ccc(C(F)(F)F)nc2Cl)c1. The minimum atomic E-state index is -4.62. The van der Waals surface area contributed by atoms with E-state index in [0.29, 0.717) is 5.56 Å². The molecule has 1 heterocycles. The third-order valence-electron chi connectivity index (χ3n) is 2.84. The van der Waals surface area contributed by atoms with Gasteiger partial charge in [-0.3, -0.25) is 0 Å². The number of aryl methyl sites for hydroxylation is 1. The first-order valence-corrected chi connectivity index (χ1v) is 6.25. The molecule has 0 saturated heterocycles. The number of aromatic nitrogens is 1. The first kappa shape index (κ1) is 15.7. The number of halogens is 5. The Kier molecular flexibility index (Phi) is 4.20. The Balaban J connectivity index is 2.42. The lowest BCUT2D eigenvalue weighted by Crippen LogP contribution is -2.10. The van der Waals surface area contributed by atoms with Gasteiger partial charge in [-0.15, -0.1) is 0 Å². The van der Waals surface area contributed by atoms with E-state index in [1.165, 1.54) is 12.1 Å². The van der Waals surface area contributed by atoms with E-state index in [2.05, 4.69) is 4.98 Å². The first-order valence-electron chi connectivity index (χ1n) is 5.87. The van der Waals surface area contributed by atoms with E-state index in [1.54, 1.807) is 6.92 Å². The third-order valence-corrected chi connectivity index (χ3v) is 3.15. The van der Waals surface area contributed by atoms with Gasteiger partial charge in [0.1, 0.15) is 22.8 Å². The van der Waals surface area contributed by atoms with E-state index in [4.69, 9.17) is 11.6 Å². The molecule has 0 bridgehead atoms. The Hall–Kier alpha value is -1.66. The average molecular weight is 320 g/mol. The molecule has 112 valence electrons. The van der Waals surface area contributed by atoms with Crippen LogP contribution in [0.5, 0.6) is 0 Å². The van der Waals surface area contributed by atoms with Crippen LogP contribution in [0.1, 0.15) is 28.5 Å². The number of pyridine rings is 1. The maximum absolute atomic E-state index is 13.3. The Morgan fingerprint density at radius 2 is 1.86 bits per heavy atom. The number of aliphatic hydroxyl groups excluding tert-OH is 1. The van der Waals surface area contributed by atoms with Crippen LogP contribution < -0.4 is 0 Å². The number of hydrogen-bond donors (Lipinski definition) is 1. The van der Waals surface area contributed by atoms with Gasteiger partial charge in [-0.25, -0.2) is 9.37 Å². The lowest BCUT2D eigenvalue weighted by molar-refractivity contribution is -0.141. The lowest BCUT2D eigenvalue weighted by atomic mass is 10.0. The highest BCUT2D eigenvalue weighted by Crippen LogP contribution is 2.33. The highest BCUT2D eigenvalue weighted by Gasteiger charge is 2.33. The summed E-state index contributed by atoms with van der Waals surface area (Å²) in [5.74, 6) is -0.556. The van der Waals surface area contributed by atoms with Crippen molar-refractivity contribution in [2.45, 2.75) is 19.2 Å². The van der Waals surface area contributed by atoms with Gasteiger partial charge in [0.15, 0.2) is 0 Å². The molecule has 0 fully saturated rings. The molecule has 2 aromatic rings. The fraction of sp³-hybridized carbons (Fsp3) is 0.214. The molecule has 2 nitrogen and oxygen atoms in total. The number of benzene rings is 1. The molecule has 0 saturated carbocycles. The normalized spacial score (nSPS) is 13.3. The number of hydrogen-bond acceptors (Lipinski definition) is 2. The highest BCUT2D eigenvalue weighted by atomic mass is 35.5. The number of aliphatic hydroxyl groups is 1. The first-order chi connectivity index (χ1) is 9.68. The fourth-order valence-corrected chi connectivity index (χ4v) is 2.17. The van der Waals surface area contributed by atoms with E-state index >= 15 is 0 Å². The molecule has 21 heavy (non-hydrogen) atoms. The summed E-state index contributed by atoms with van der Waals surface area (Å²) < 4.78 is 50.8. The molecule has 0 radical (unpaired) electrons. The smallest absolute Gasteiger partial charge is 0.384 e. The zero-order valence-corrected chi connectivity index (χ0v) is 11.5. The summed E-state index contributed by atoms with van der Waals surface area (Å²) >= 11 is 5.69. The maximum Gasteiger partial charge on any atom is 0.433 e. The summed E-state index contributed by atoms with van der Waals surface area (Å²) in [4.78, 5) is 3.22. The predicted molar refractivity (Wildman–Crippen MR) is 69.4 cm³/mol. The van der Waals surface area contributed by atoms with Crippen LogP contribution in [0.4, 0.5) is 17.6 Å². The molecule has 0 spiro atoms. The van der Waals surface area contributed by atoms with Crippen LogP contribution in [-0.4, -0.2) is 10.1 Å². The van der Waals surface area contributed by atoms with Crippen LogP contribution in [0.25, 0.3) is 0 Å². The van der Waals surface area contributed by atoms with E-state index in [-0.39, 0.29) is 11.1 Å². The molecule has 0 aliphatic rings. The Labute approximate surface area is 123 Å². The van der Waals surface area contributed by atoms with Gasteiger partial charge in [0, 0.05) is 5.56 Å². The standard InChI is InChI=1S/C14H10ClF4NO/c1-7-4-8(6-9(16)5-7)12(21)10-2-3-11(14(17,18)19)20-13(10)15/h2-6,12,21H,1H3. The largest absolute Gasteiger partial charge is 0.433 e. The lowest BCUT2D eigenvalue weighted by Gasteiger charge is -2.15. The number of alkyl halides is 3. The zero-order valence-electron chi connectivity index (χ0n) is 10.7. The summed E-state index contributed by atoms with van der Waals surface area (Å²) in [5, 5.41) is 9.67. The molecular weight excluding hydrogens is 310 g/mol. The topological polar surface area (TPSA) is 33.1 Å². The van der Waals surface area contributed by atoms with Crippen molar-refractivity contribution in [1.29, 1.82) is 0 Å². The fourth-order valence-electron chi connectivity index (χ4n) is 1.91. The molecule has 0 amide bonds. The molecule has 1 aromatic heterocycles. The zero-order chi connectivity index (χ0) is 15.8. The summed E-state index contributed by atoms with van der Waals surface area (Å²) in [6, 6.07) is 5.62. The summed E-state index contributed by atoms with van der Waals surface area (Å²) in [7, 11) is 0. The van der Waals surface area contributed by atoms with Crippen LogP contribution in [0, 0.1) is 12.7 Å². The van der Waals surface area contributed by atoms with Gasteiger partial charge in [-0.2, -0.15) is 13.2 Å². The second-order valence-electron chi connectivity index (χ2n) is 4.54. The van der Waals surface area contributed by atoms with Crippen LogP contribution in [0.3, 0.4) is 0 Å². The van der Waals surface area contributed by atoms with Crippen molar-refractivity contribution in [2.75, 3.05) is 0 Å². The van der Waals surface area contributed by atoms with Crippen LogP contribution in [0.2, 0.25) is 5.15 Å². The van der Waals surface area contributed by atoms with Gasteiger partial charge in [0.05, 0.1) is 0 Å². The monoisotopic (exact) mass is 319 g/mol. The van der Waals surface area contributed by atoms with Gasteiger partial charge >= 0.3 is 6.18 Å². The van der Waals surface area contributed by atoms with E-state index in [9.17, 15) is 22.7 Å². The minimum absolute atomic E-state index is 0.0188. The molecule has 7 heteroatoms. The summed E-state index contributed by atoms with van der Waals surface area (Å²) in [6.07, 6.45) is -5.98. The van der Waals surface area contributed by atoms with Crippen LogP contribution >= 0.6 is 11.6 Å². The maximum atomic E-state index is 13.3. The highest BCUT2D eigenvalue weighted by molar-refractivity contribution is 6.30. The second kappa shape index (κ2) is 5.61. The molecule has 1 unspecified atom stereocenters. The van der Waals surface area contributed by atoms with Crippen molar-refractivity contribution >= 4 is 11.6 Å². The molecule has 1 atom stereocenters. The second-order valence-corrected chi connectivity index (χ2v) is 4.90. The average Bonchev–Trinajstić information content (AvgIpc) is 2.35. The van der Waals surface area contributed by atoms with Gasteiger partial charge in [-0.1, -0.05) is 23.7 Å². The van der Waals surface area contributed by atoms with Gasteiger partial charge < -0.3 is 5.11 Å². The van der Waals surface area contributed by atoms with Crippen molar-refractivity contribution in [3.8, 4) is 0 Å². The van der Waals surface area contributed by atoms with E-state index in [0.717, 1.165) is 18.2 Å². The van der Waals surface area contributed by atoms with E-state index < -0.39 is 28.9 Å². The number of nitrogens with zero attached hydrogens (tertiary/aromatic N) is 1. The third kappa shape index (κ3) is 3.51. The summed E-state index contributed by atoms with van der Waals surface area (Å²) in [5.41, 5.74) is -0.412. The molecule has 0 aliphatic carbocycles. The van der Waals surface area contributed by atoms with Crippen LogP contribution in [0.15, 0.2) is 30.3 Å². The van der Waals surface area contributed by atoms with Gasteiger partial charge in [-0.05, 0) is 36.2 Å². The molecule has 0 aliphatic heterocycles. The molecule has 1 aromatic carbocycles. The quantitative estimate of drug-likeness (QED) is 0.662. The van der Waals surface area contributed by atoms with Gasteiger partial charge in [0.2, 0.25) is 0 Å². The van der Waals surface area contributed by atoms with Gasteiger partial charge in [0.25, 0.3) is 0 Å². The Morgan fingerprint density at radius 3 is 2.38 bits per heavy atom. The predicted octanol–water partition coefficient (Wildman–Crippen LogP) is 4.28. The Bertz CT molecular complexity index is 652. The molecule has 1 N–H and O–H groups in total. The van der Waals surface area contributed by atoms with E-state index in [1.807, 2.05) is 0 Å². The Morgan fingerprint density at radius 1 is 1.19 bits per heavy atom. The van der Waals surface area contributed by atoms with Crippen LogP contribution in [-0.2, 0) is 6.18 Å².